The molecule has 0 bridgehead atoms. The van der Waals surface area contributed by atoms with Gasteiger partial charge in [-0.25, -0.2) is 17.8 Å². The van der Waals surface area contributed by atoms with Crippen LogP contribution in [0.4, 0.5) is 17.6 Å². The molecule has 2 N–H and O–H groups in total. The average molecular weight is 856 g/mol. The first-order valence-electron chi connectivity index (χ1n) is 19.7. The van der Waals surface area contributed by atoms with E-state index in [1.165, 1.54) is 35.4 Å². The van der Waals surface area contributed by atoms with Crippen LogP contribution in [0, 0.1) is 17.2 Å². The summed E-state index contributed by atoms with van der Waals surface area (Å²) in [7, 11) is -4.06. The number of carbonyl (C=O) groups excluding carboxylic acids is 4. The van der Waals surface area contributed by atoms with Gasteiger partial charge in [0.2, 0.25) is 27.7 Å². The van der Waals surface area contributed by atoms with Gasteiger partial charge in [-0.3, -0.25) is 23.9 Å². The molecule has 4 aliphatic rings. The highest BCUT2D eigenvalue weighted by molar-refractivity contribution is 7.91. The molecule has 5 atom stereocenters. The third kappa shape index (κ3) is 8.27. The predicted octanol–water partition coefficient (Wildman–Crippen LogP) is 6.04. The second-order valence-corrected chi connectivity index (χ2v) is 18.5. The lowest BCUT2D eigenvalue weighted by atomic mass is 9.91. The number of hydrogen-bond donors (Lipinski definition) is 2. The third-order valence-electron chi connectivity index (χ3n) is 12.0. The highest BCUT2D eigenvalue weighted by atomic mass is 32.2. The van der Waals surface area contributed by atoms with Gasteiger partial charge in [0.15, 0.2) is 11.5 Å². The summed E-state index contributed by atoms with van der Waals surface area (Å²) in [6, 6.07) is 6.18. The Morgan fingerprint density at radius 2 is 1.80 bits per heavy atom. The lowest BCUT2D eigenvalue weighted by molar-refractivity contribution is -0.274. The van der Waals surface area contributed by atoms with Crippen LogP contribution in [-0.4, -0.2) is 82.8 Å². The number of benzene rings is 2. The molecule has 0 spiro atoms. The van der Waals surface area contributed by atoms with Crippen molar-refractivity contribution >= 4 is 55.2 Å². The number of ether oxygens (including phenoxy) is 2. The Kier molecular flexibility index (Phi) is 10.6. The van der Waals surface area contributed by atoms with Gasteiger partial charge >= 0.3 is 6.36 Å². The smallest absolute Gasteiger partial charge is 0.472 e. The quantitative estimate of drug-likeness (QED) is 0.119. The normalized spacial score (nSPS) is 26.3. The average Bonchev–Trinajstić information content (AvgIpc) is 3.93. The molecule has 14 nitrogen and oxygen atoms in total. The number of rotatable bonds is 8. The zero-order valence-electron chi connectivity index (χ0n) is 32.3. The maximum atomic E-state index is 14.6. The van der Waals surface area contributed by atoms with Gasteiger partial charge in [-0.05, 0) is 87.1 Å². The SMILES string of the molecule is CC1(S(=O)(=O)NC(=O)[C@]23CC(=O)[C@@H]4C[C@@H](Oc5nc6cc(F)ccc6c6ccc(OC(F)(F)F)cc56)CN4C(=O)[C@@H](NC(=O)c4ccon4)CCCCC/C=C\[C@@H]2C3)CC1. The number of sulfonamides is 1. The van der Waals surface area contributed by atoms with E-state index in [0.29, 0.717) is 49.3 Å². The number of hydrogen-bond acceptors (Lipinski definition) is 11. The standard InChI is InChI=1S/C41H41F4N5O9S/c1-39(14-15-39)60(55,56)49-38(54)40-20-23(40)7-5-3-2-4-6-8-31(46-35(52)30-13-16-57-48-30)37(53)50-22-26(19-33(50)34(51)21-40)58-36-29-18-25(59-41(43,44)45)10-12-27(29)28-11-9-24(42)17-32(28)47-36/h5,7,9-13,16-18,23,26,31,33H,2-4,6,8,14-15,19-22H2,1H3,(H,46,52)(H,49,54)/b7-5-/t23-,26-,31+,33+,40-/m1/s1. The van der Waals surface area contributed by atoms with Crippen LogP contribution in [0.5, 0.6) is 11.6 Å². The fraction of sp³-hybridized carbons (Fsp3) is 0.463. The predicted molar refractivity (Wildman–Crippen MR) is 205 cm³/mol. The van der Waals surface area contributed by atoms with Gasteiger partial charge in [-0.2, -0.15) is 0 Å². The van der Waals surface area contributed by atoms with E-state index in [1.54, 1.807) is 6.92 Å². The van der Waals surface area contributed by atoms with Crippen LogP contribution < -0.4 is 19.5 Å². The first-order chi connectivity index (χ1) is 28.4. The van der Waals surface area contributed by atoms with Gasteiger partial charge in [-0.15, -0.1) is 13.2 Å². The summed E-state index contributed by atoms with van der Waals surface area (Å²) in [6.45, 7) is 1.28. The highest BCUT2D eigenvalue weighted by Gasteiger charge is 2.62. The first kappa shape index (κ1) is 41.2. The first-order valence-corrected chi connectivity index (χ1v) is 21.2. The fourth-order valence-corrected chi connectivity index (χ4v) is 9.56. The van der Waals surface area contributed by atoms with Crippen molar-refractivity contribution in [1.82, 2.24) is 25.1 Å². The number of pyridine rings is 1. The summed E-state index contributed by atoms with van der Waals surface area (Å²) < 4.78 is 97.3. The summed E-state index contributed by atoms with van der Waals surface area (Å²) in [6.07, 6.45) is 1.93. The van der Waals surface area contributed by atoms with Gasteiger partial charge in [0.25, 0.3) is 5.91 Å². The minimum atomic E-state index is -5.02. The molecule has 0 radical (unpaired) electrons. The molecular weight excluding hydrogens is 815 g/mol. The number of alkyl halides is 3. The Morgan fingerprint density at radius 1 is 1.02 bits per heavy atom. The molecule has 4 aromatic rings. The summed E-state index contributed by atoms with van der Waals surface area (Å²) in [4.78, 5) is 62.1. The van der Waals surface area contributed by atoms with Crippen molar-refractivity contribution in [1.29, 1.82) is 0 Å². The van der Waals surface area contributed by atoms with E-state index in [1.807, 2.05) is 12.2 Å². The van der Waals surface area contributed by atoms with Crippen LogP contribution in [0.2, 0.25) is 0 Å². The van der Waals surface area contributed by atoms with E-state index in [-0.39, 0.29) is 48.3 Å². The summed E-state index contributed by atoms with van der Waals surface area (Å²) >= 11 is 0. The molecule has 2 aromatic carbocycles. The molecule has 2 saturated carbocycles. The van der Waals surface area contributed by atoms with Crippen LogP contribution in [0.1, 0.15) is 81.6 Å². The largest absolute Gasteiger partial charge is 0.573 e. The number of fused-ring (bicyclic) bond motifs is 5. The van der Waals surface area contributed by atoms with Crippen LogP contribution in [0.25, 0.3) is 21.7 Å². The molecule has 1 saturated heterocycles. The zero-order chi connectivity index (χ0) is 42.6. The van der Waals surface area contributed by atoms with E-state index >= 15 is 0 Å². The minimum Gasteiger partial charge on any atom is -0.472 e. The molecule has 19 heteroatoms. The van der Waals surface area contributed by atoms with Crippen molar-refractivity contribution in [3.05, 3.63) is 72.4 Å². The van der Waals surface area contributed by atoms with E-state index in [9.17, 15) is 45.2 Å². The molecule has 2 aliphatic carbocycles. The molecule has 2 aromatic heterocycles. The number of halogens is 4. The maximum absolute atomic E-state index is 14.6. The van der Waals surface area contributed by atoms with Gasteiger partial charge in [0.1, 0.15) is 30.0 Å². The Labute approximate surface area is 341 Å². The molecule has 4 heterocycles. The van der Waals surface area contributed by atoms with Gasteiger partial charge in [0, 0.05) is 35.7 Å². The van der Waals surface area contributed by atoms with Crippen LogP contribution >= 0.6 is 0 Å². The number of amides is 3. The third-order valence-corrected chi connectivity index (χ3v) is 14.2. The molecular formula is C41H41F4N5O9S. The fourth-order valence-electron chi connectivity index (χ4n) is 8.22. The lowest BCUT2D eigenvalue weighted by Crippen LogP contribution is -2.52. The zero-order valence-corrected chi connectivity index (χ0v) is 33.1. The van der Waals surface area contributed by atoms with Crippen molar-refractivity contribution in [3.63, 3.8) is 0 Å². The van der Waals surface area contributed by atoms with Crippen molar-refractivity contribution in [2.75, 3.05) is 6.54 Å². The number of allylic oxidation sites excluding steroid dienone is 2. The number of ketones is 1. The number of aromatic nitrogens is 2. The molecule has 60 heavy (non-hydrogen) atoms. The molecule has 8 rings (SSSR count). The van der Waals surface area contributed by atoms with Gasteiger partial charge in [0.05, 0.1) is 28.3 Å². The molecule has 3 fully saturated rings. The van der Waals surface area contributed by atoms with E-state index in [0.717, 1.165) is 18.2 Å². The van der Waals surface area contributed by atoms with E-state index in [2.05, 4.69) is 24.9 Å². The Hall–Kier alpha value is -5.59. The molecule has 0 unspecified atom stereocenters. The number of nitrogens with one attached hydrogen (secondary N) is 2. The highest BCUT2D eigenvalue weighted by Crippen LogP contribution is 2.57. The topological polar surface area (TPSA) is 187 Å². The summed E-state index contributed by atoms with van der Waals surface area (Å²) in [5.74, 6) is -4.60. The number of nitrogens with zero attached hydrogens (tertiary/aromatic N) is 3. The lowest BCUT2D eigenvalue weighted by Gasteiger charge is -2.29. The Balaban J connectivity index is 1.15. The van der Waals surface area contributed by atoms with E-state index < -0.39 is 92.1 Å². The van der Waals surface area contributed by atoms with Crippen molar-refractivity contribution in [2.24, 2.45) is 11.3 Å². The van der Waals surface area contributed by atoms with E-state index in [4.69, 9.17) is 9.26 Å². The number of carbonyl (C=O) groups is 4. The summed E-state index contributed by atoms with van der Waals surface area (Å²) in [5, 5.41) is 7.21. The second-order valence-electron chi connectivity index (χ2n) is 16.3. The van der Waals surface area contributed by atoms with Crippen molar-refractivity contribution in [2.45, 2.75) is 100 Å². The molecule has 2 aliphatic heterocycles. The maximum Gasteiger partial charge on any atom is 0.573 e. The monoisotopic (exact) mass is 855 g/mol. The van der Waals surface area contributed by atoms with Crippen molar-refractivity contribution in [3.8, 4) is 11.6 Å². The van der Waals surface area contributed by atoms with Crippen molar-refractivity contribution < 1.29 is 59.2 Å². The van der Waals surface area contributed by atoms with Crippen LogP contribution in [0.15, 0.2) is 65.4 Å². The van der Waals surface area contributed by atoms with Gasteiger partial charge < -0.3 is 24.2 Å². The summed E-state index contributed by atoms with van der Waals surface area (Å²) in [5.41, 5.74) is -1.38. The second kappa shape index (κ2) is 15.5. The Morgan fingerprint density at radius 3 is 2.53 bits per heavy atom. The number of Topliss-reactive ketones (excluding diaryl/α,β-unsaturated/α-hetero) is 1. The Bertz CT molecular complexity index is 2510. The van der Waals surface area contributed by atoms with Crippen LogP contribution in [-0.2, 0) is 24.4 Å². The van der Waals surface area contributed by atoms with Crippen LogP contribution in [0.3, 0.4) is 0 Å². The van der Waals surface area contributed by atoms with Gasteiger partial charge in [-0.1, -0.05) is 30.2 Å². The molecule has 318 valence electrons. The minimum absolute atomic E-state index is 0.0736. The molecule has 3 amide bonds.